The van der Waals surface area contributed by atoms with E-state index < -0.39 is 0 Å². The first-order valence-electron chi connectivity index (χ1n) is 5.30. The molecule has 0 aliphatic carbocycles. The van der Waals surface area contributed by atoms with Crippen LogP contribution in [0.25, 0.3) is 0 Å². The lowest BCUT2D eigenvalue weighted by molar-refractivity contribution is 0.626. The summed E-state index contributed by atoms with van der Waals surface area (Å²) in [5.74, 6) is -0.188. The fraction of sp³-hybridized carbons (Fsp3) is 0.143. The summed E-state index contributed by atoms with van der Waals surface area (Å²) in [5, 5.41) is 0. The van der Waals surface area contributed by atoms with Crippen molar-refractivity contribution in [2.45, 2.75) is 13.0 Å². The third-order valence-corrected chi connectivity index (χ3v) is 2.52. The summed E-state index contributed by atoms with van der Waals surface area (Å²) in [6.45, 7) is 0.539. The highest BCUT2D eigenvalue weighted by molar-refractivity contribution is 5.29. The molecular formula is C14H14FN. The van der Waals surface area contributed by atoms with Crippen LogP contribution in [0.3, 0.4) is 0 Å². The van der Waals surface area contributed by atoms with Gasteiger partial charge in [0.25, 0.3) is 0 Å². The number of nitrogens with two attached hydrogens (primary N) is 1. The van der Waals surface area contributed by atoms with Crippen molar-refractivity contribution in [1.29, 1.82) is 0 Å². The molecule has 0 aliphatic heterocycles. The minimum Gasteiger partial charge on any atom is -0.326 e. The minimum absolute atomic E-state index is 0.188. The normalized spacial score (nSPS) is 10.4. The van der Waals surface area contributed by atoms with Crippen LogP contribution in [-0.2, 0) is 13.0 Å². The summed E-state index contributed by atoms with van der Waals surface area (Å²) >= 11 is 0. The monoisotopic (exact) mass is 215 g/mol. The van der Waals surface area contributed by atoms with E-state index in [0.29, 0.717) is 6.54 Å². The zero-order valence-electron chi connectivity index (χ0n) is 8.99. The van der Waals surface area contributed by atoms with Gasteiger partial charge in [-0.05, 0) is 35.2 Å². The molecule has 0 radical (unpaired) electrons. The van der Waals surface area contributed by atoms with Gasteiger partial charge in [0.05, 0.1) is 0 Å². The number of hydrogen-bond donors (Lipinski definition) is 1. The molecule has 1 nitrogen and oxygen atoms in total. The third kappa shape index (κ3) is 2.67. The molecule has 0 fully saturated rings. The van der Waals surface area contributed by atoms with Crippen molar-refractivity contribution < 1.29 is 4.39 Å². The summed E-state index contributed by atoms with van der Waals surface area (Å²) in [6.07, 6.45) is 0.742. The smallest absolute Gasteiger partial charge is 0.123 e. The first-order chi connectivity index (χ1) is 7.78. The molecule has 2 aromatic carbocycles. The van der Waals surface area contributed by atoms with E-state index in [4.69, 9.17) is 5.73 Å². The number of hydrogen-bond acceptors (Lipinski definition) is 1. The molecular weight excluding hydrogens is 201 g/mol. The van der Waals surface area contributed by atoms with Crippen molar-refractivity contribution in [2.75, 3.05) is 0 Å². The zero-order valence-corrected chi connectivity index (χ0v) is 8.99. The Kier molecular flexibility index (Phi) is 3.32. The molecule has 0 aromatic heterocycles. The number of halogens is 1. The Hall–Kier alpha value is -1.67. The van der Waals surface area contributed by atoms with Crippen LogP contribution in [0, 0.1) is 5.82 Å². The quantitative estimate of drug-likeness (QED) is 0.837. The number of rotatable bonds is 3. The largest absolute Gasteiger partial charge is 0.326 e. The molecule has 0 unspecified atom stereocenters. The maximum absolute atomic E-state index is 13.0. The molecule has 0 aliphatic rings. The lowest BCUT2D eigenvalue weighted by Crippen LogP contribution is -1.97. The predicted molar refractivity (Wildman–Crippen MR) is 63.5 cm³/mol. The lowest BCUT2D eigenvalue weighted by Gasteiger charge is -2.04. The SMILES string of the molecule is NCc1cccc(Cc2cccc(F)c2)c1. The van der Waals surface area contributed by atoms with Gasteiger partial charge in [-0.2, -0.15) is 0 Å². The highest BCUT2D eigenvalue weighted by Crippen LogP contribution is 2.12. The Morgan fingerprint density at radius 1 is 0.875 bits per heavy atom. The lowest BCUT2D eigenvalue weighted by atomic mass is 10.0. The molecule has 82 valence electrons. The molecule has 0 heterocycles. The van der Waals surface area contributed by atoms with Crippen molar-refractivity contribution in [2.24, 2.45) is 5.73 Å². The Bertz CT molecular complexity index is 480. The van der Waals surface area contributed by atoms with Crippen LogP contribution in [-0.4, -0.2) is 0 Å². The van der Waals surface area contributed by atoms with Gasteiger partial charge in [0.1, 0.15) is 5.82 Å². The van der Waals surface area contributed by atoms with Crippen molar-refractivity contribution in [3.63, 3.8) is 0 Å². The molecule has 2 N–H and O–H groups in total. The van der Waals surface area contributed by atoms with Crippen LogP contribution in [0.15, 0.2) is 48.5 Å². The molecule has 0 spiro atoms. The fourth-order valence-corrected chi connectivity index (χ4v) is 1.75. The van der Waals surface area contributed by atoms with Crippen LogP contribution < -0.4 is 5.73 Å². The zero-order chi connectivity index (χ0) is 11.4. The van der Waals surface area contributed by atoms with E-state index >= 15 is 0 Å². The summed E-state index contributed by atoms with van der Waals surface area (Å²) in [6, 6.07) is 14.8. The average molecular weight is 215 g/mol. The van der Waals surface area contributed by atoms with Gasteiger partial charge in [0.15, 0.2) is 0 Å². The van der Waals surface area contributed by atoms with Crippen molar-refractivity contribution in [1.82, 2.24) is 0 Å². The highest BCUT2D eigenvalue weighted by Gasteiger charge is 1.98. The van der Waals surface area contributed by atoms with E-state index in [1.165, 1.54) is 6.07 Å². The van der Waals surface area contributed by atoms with Crippen molar-refractivity contribution in [3.8, 4) is 0 Å². The van der Waals surface area contributed by atoms with Gasteiger partial charge in [0.2, 0.25) is 0 Å². The van der Waals surface area contributed by atoms with Gasteiger partial charge in [0, 0.05) is 6.54 Å². The summed E-state index contributed by atoms with van der Waals surface area (Å²) in [5.41, 5.74) is 8.82. The van der Waals surface area contributed by atoms with Gasteiger partial charge in [-0.1, -0.05) is 36.4 Å². The molecule has 2 aromatic rings. The molecule has 16 heavy (non-hydrogen) atoms. The maximum atomic E-state index is 13.0. The summed E-state index contributed by atoms with van der Waals surface area (Å²) < 4.78 is 13.0. The molecule has 2 rings (SSSR count). The Morgan fingerprint density at radius 3 is 2.19 bits per heavy atom. The van der Waals surface area contributed by atoms with Crippen LogP contribution >= 0.6 is 0 Å². The van der Waals surface area contributed by atoms with Gasteiger partial charge >= 0.3 is 0 Å². The first kappa shape index (κ1) is 10.8. The Morgan fingerprint density at radius 2 is 1.50 bits per heavy atom. The van der Waals surface area contributed by atoms with Crippen LogP contribution in [0.2, 0.25) is 0 Å². The molecule has 0 atom stereocenters. The highest BCUT2D eigenvalue weighted by atomic mass is 19.1. The second-order valence-corrected chi connectivity index (χ2v) is 3.83. The second-order valence-electron chi connectivity index (χ2n) is 3.83. The minimum atomic E-state index is -0.188. The van der Waals surface area contributed by atoms with Gasteiger partial charge in [-0.15, -0.1) is 0 Å². The van der Waals surface area contributed by atoms with Crippen LogP contribution in [0.5, 0.6) is 0 Å². The van der Waals surface area contributed by atoms with E-state index in [1.54, 1.807) is 12.1 Å². The first-order valence-corrected chi connectivity index (χ1v) is 5.30. The summed E-state index contributed by atoms with van der Waals surface area (Å²) in [4.78, 5) is 0. The molecule has 0 amide bonds. The number of benzene rings is 2. The maximum Gasteiger partial charge on any atom is 0.123 e. The Labute approximate surface area is 94.7 Å². The average Bonchev–Trinajstić information content (AvgIpc) is 2.29. The Balaban J connectivity index is 2.20. The fourth-order valence-electron chi connectivity index (χ4n) is 1.75. The van der Waals surface area contributed by atoms with Crippen LogP contribution in [0.1, 0.15) is 16.7 Å². The van der Waals surface area contributed by atoms with Gasteiger partial charge in [-0.25, -0.2) is 4.39 Å². The third-order valence-electron chi connectivity index (χ3n) is 2.52. The van der Waals surface area contributed by atoms with Crippen LogP contribution in [0.4, 0.5) is 4.39 Å². The second kappa shape index (κ2) is 4.90. The molecule has 0 saturated carbocycles. The van der Waals surface area contributed by atoms with Crippen molar-refractivity contribution >= 4 is 0 Å². The van der Waals surface area contributed by atoms with E-state index in [-0.39, 0.29) is 5.82 Å². The van der Waals surface area contributed by atoms with Gasteiger partial charge < -0.3 is 5.73 Å². The van der Waals surface area contributed by atoms with Gasteiger partial charge in [-0.3, -0.25) is 0 Å². The topological polar surface area (TPSA) is 26.0 Å². The molecule has 2 heteroatoms. The van der Waals surface area contributed by atoms with E-state index in [1.807, 2.05) is 24.3 Å². The predicted octanol–water partition coefficient (Wildman–Crippen LogP) is 2.88. The standard InChI is InChI=1S/C14H14FN/c15-14-6-2-4-12(9-14)7-11-3-1-5-13(8-11)10-16/h1-6,8-9H,7,10,16H2. The summed E-state index contributed by atoms with van der Waals surface area (Å²) in [7, 11) is 0. The van der Waals surface area contributed by atoms with Crippen molar-refractivity contribution in [3.05, 3.63) is 71.0 Å². The van der Waals surface area contributed by atoms with E-state index in [2.05, 4.69) is 6.07 Å². The molecule has 0 bridgehead atoms. The van der Waals surface area contributed by atoms with E-state index in [0.717, 1.165) is 23.1 Å². The molecule has 0 saturated heterocycles. The van der Waals surface area contributed by atoms with E-state index in [9.17, 15) is 4.39 Å².